The first kappa shape index (κ1) is 17.7. The summed E-state index contributed by atoms with van der Waals surface area (Å²) in [6.07, 6.45) is 3.36. The van der Waals surface area contributed by atoms with Crippen LogP contribution < -0.4 is 5.32 Å². The molecule has 0 atom stereocenters. The van der Waals surface area contributed by atoms with Crippen molar-refractivity contribution < 1.29 is 14.0 Å². The molecule has 0 unspecified atom stereocenters. The number of halogens is 1. The minimum atomic E-state index is -0.496. The maximum atomic E-state index is 13.2. The lowest BCUT2D eigenvalue weighted by Crippen LogP contribution is -2.26. The number of hydrogen-bond acceptors (Lipinski definition) is 5. The van der Waals surface area contributed by atoms with Gasteiger partial charge in [0.2, 0.25) is 0 Å². The van der Waals surface area contributed by atoms with Gasteiger partial charge < -0.3 is 4.90 Å². The predicted octanol–water partition coefficient (Wildman–Crippen LogP) is 3.20. The Morgan fingerprint density at radius 1 is 1.27 bits per heavy atom. The van der Waals surface area contributed by atoms with Crippen LogP contribution in [0, 0.1) is 5.82 Å². The van der Waals surface area contributed by atoms with E-state index in [0.717, 1.165) is 23.0 Å². The molecule has 0 aliphatic rings. The van der Waals surface area contributed by atoms with Gasteiger partial charge in [-0.15, -0.1) is 11.3 Å². The molecule has 2 heterocycles. The van der Waals surface area contributed by atoms with Crippen molar-refractivity contribution >= 4 is 28.3 Å². The Kier molecular flexibility index (Phi) is 5.33. The topological polar surface area (TPSA) is 75.2 Å². The first-order valence-electron chi connectivity index (χ1n) is 7.70. The van der Waals surface area contributed by atoms with Gasteiger partial charge in [-0.25, -0.2) is 9.37 Å². The minimum Gasteiger partial charge on any atom is -0.336 e. The summed E-state index contributed by atoms with van der Waals surface area (Å²) in [5.74, 6) is -1.25. The van der Waals surface area contributed by atoms with Crippen LogP contribution in [-0.2, 0) is 6.54 Å². The second-order valence-electron chi connectivity index (χ2n) is 5.52. The number of aromatic nitrogens is 2. The zero-order valence-corrected chi connectivity index (χ0v) is 14.7. The summed E-state index contributed by atoms with van der Waals surface area (Å²) < 4.78 is 13.2. The van der Waals surface area contributed by atoms with Crippen LogP contribution in [-0.4, -0.2) is 33.7 Å². The van der Waals surface area contributed by atoms with Crippen molar-refractivity contribution in [2.24, 2.45) is 0 Å². The summed E-state index contributed by atoms with van der Waals surface area (Å²) in [6, 6.07) is 9.03. The van der Waals surface area contributed by atoms with Crippen LogP contribution in [0.2, 0.25) is 0 Å². The average Bonchev–Trinajstić information content (AvgIpc) is 3.10. The molecular weight excluding hydrogens is 355 g/mol. The normalized spacial score (nSPS) is 10.4. The van der Waals surface area contributed by atoms with Crippen LogP contribution in [0.25, 0.3) is 0 Å². The Morgan fingerprint density at radius 3 is 2.85 bits per heavy atom. The highest BCUT2D eigenvalue weighted by Crippen LogP contribution is 2.18. The number of nitrogens with one attached hydrogen (secondary N) is 1. The summed E-state index contributed by atoms with van der Waals surface area (Å²) in [5, 5.41) is 4.42. The molecule has 3 rings (SSSR count). The van der Waals surface area contributed by atoms with Crippen LogP contribution in [0.4, 0.5) is 9.52 Å². The molecule has 2 aromatic heterocycles. The number of thiazole rings is 1. The lowest BCUT2D eigenvalue weighted by molar-refractivity contribution is 0.0779. The molecule has 0 spiro atoms. The third-order valence-corrected chi connectivity index (χ3v) is 4.28. The smallest absolute Gasteiger partial charge is 0.273 e. The second-order valence-corrected chi connectivity index (χ2v) is 6.38. The fraction of sp³-hybridized carbons (Fsp3) is 0.111. The first-order chi connectivity index (χ1) is 12.5. The van der Waals surface area contributed by atoms with E-state index in [1.807, 2.05) is 6.07 Å². The molecule has 0 radical (unpaired) electrons. The van der Waals surface area contributed by atoms with E-state index < -0.39 is 11.7 Å². The van der Waals surface area contributed by atoms with Gasteiger partial charge in [0.1, 0.15) is 11.5 Å². The van der Waals surface area contributed by atoms with Gasteiger partial charge >= 0.3 is 0 Å². The van der Waals surface area contributed by atoms with Crippen molar-refractivity contribution in [1.29, 1.82) is 0 Å². The molecule has 132 valence electrons. The Bertz CT molecular complexity index is 930. The Morgan fingerprint density at radius 2 is 2.12 bits per heavy atom. The van der Waals surface area contributed by atoms with Crippen molar-refractivity contribution in [3.8, 4) is 0 Å². The third-order valence-electron chi connectivity index (χ3n) is 3.52. The van der Waals surface area contributed by atoms with E-state index in [-0.39, 0.29) is 22.3 Å². The van der Waals surface area contributed by atoms with E-state index in [1.165, 1.54) is 23.1 Å². The number of carbonyl (C=O) groups is 2. The van der Waals surface area contributed by atoms with Crippen molar-refractivity contribution in [2.75, 3.05) is 12.4 Å². The zero-order valence-electron chi connectivity index (χ0n) is 13.8. The van der Waals surface area contributed by atoms with Gasteiger partial charge in [-0.3, -0.25) is 19.9 Å². The Labute approximate surface area is 153 Å². The van der Waals surface area contributed by atoms with Gasteiger partial charge in [0, 0.05) is 36.9 Å². The lowest BCUT2D eigenvalue weighted by atomic mass is 10.2. The summed E-state index contributed by atoms with van der Waals surface area (Å²) >= 11 is 1.13. The van der Waals surface area contributed by atoms with Gasteiger partial charge in [0.05, 0.1) is 0 Å². The quantitative estimate of drug-likeness (QED) is 0.748. The summed E-state index contributed by atoms with van der Waals surface area (Å²) in [4.78, 5) is 34.2. The highest BCUT2D eigenvalue weighted by molar-refractivity contribution is 7.14. The van der Waals surface area contributed by atoms with Crippen LogP contribution >= 0.6 is 11.3 Å². The van der Waals surface area contributed by atoms with Crippen LogP contribution in [0.3, 0.4) is 0 Å². The zero-order chi connectivity index (χ0) is 18.5. The molecule has 0 saturated carbocycles. The highest BCUT2D eigenvalue weighted by atomic mass is 32.1. The first-order valence-corrected chi connectivity index (χ1v) is 8.57. The van der Waals surface area contributed by atoms with E-state index in [2.05, 4.69) is 15.3 Å². The SMILES string of the molecule is CN(Cc1cccnc1)C(=O)c1csc(NC(=O)c2cccc(F)c2)n1. The highest BCUT2D eigenvalue weighted by Gasteiger charge is 2.17. The molecule has 3 aromatic rings. The minimum absolute atomic E-state index is 0.182. The molecule has 26 heavy (non-hydrogen) atoms. The van der Waals surface area contributed by atoms with Crippen molar-refractivity contribution in [3.05, 3.63) is 76.8 Å². The molecule has 0 aliphatic heterocycles. The van der Waals surface area contributed by atoms with E-state index in [1.54, 1.807) is 30.9 Å². The Hall–Kier alpha value is -3.13. The number of rotatable bonds is 5. The van der Waals surface area contributed by atoms with E-state index >= 15 is 0 Å². The number of nitrogens with zero attached hydrogens (tertiary/aromatic N) is 3. The molecule has 6 nitrogen and oxygen atoms in total. The summed E-state index contributed by atoms with van der Waals surface area (Å²) in [6.45, 7) is 0.398. The molecule has 0 saturated heterocycles. The maximum Gasteiger partial charge on any atom is 0.273 e. The van der Waals surface area contributed by atoms with E-state index in [9.17, 15) is 14.0 Å². The van der Waals surface area contributed by atoms with Crippen LogP contribution in [0.15, 0.2) is 54.2 Å². The average molecular weight is 370 g/mol. The second kappa shape index (κ2) is 7.83. The fourth-order valence-electron chi connectivity index (χ4n) is 2.26. The monoisotopic (exact) mass is 370 g/mol. The van der Waals surface area contributed by atoms with Gasteiger partial charge in [-0.05, 0) is 29.8 Å². The van der Waals surface area contributed by atoms with Crippen molar-refractivity contribution in [1.82, 2.24) is 14.9 Å². The third kappa shape index (κ3) is 4.28. The van der Waals surface area contributed by atoms with Gasteiger partial charge in [0.15, 0.2) is 5.13 Å². The lowest BCUT2D eigenvalue weighted by Gasteiger charge is -2.15. The van der Waals surface area contributed by atoms with Gasteiger partial charge in [-0.1, -0.05) is 12.1 Å². The summed E-state index contributed by atoms with van der Waals surface area (Å²) in [5.41, 5.74) is 1.32. The Balaban J connectivity index is 1.65. The van der Waals surface area contributed by atoms with Gasteiger partial charge in [0.25, 0.3) is 11.8 Å². The standard InChI is InChI=1S/C18H15FN4O2S/c1-23(10-12-4-3-7-20-9-12)17(25)15-11-26-18(21-15)22-16(24)13-5-2-6-14(19)8-13/h2-9,11H,10H2,1H3,(H,21,22,24). The number of carbonyl (C=O) groups excluding carboxylic acids is 2. The predicted molar refractivity (Wildman–Crippen MR) is 96.5 cm³/mol. The molecule has 0 bridgehead atoms. The van der Waals surface area contributed by atoms with Crippen molar-refractivity contribution in [2.45, 2.75) is 6.54 Å². The number of amides is 2. The number of hydrogen-bond donors (Lipinski definition) is 1. The van der Waals surface area contributed by atoms with Crippen LogP contribution in [0.5, 0.6) is 0 Å². The summed E-state index contributed by atoms with van der Waals surface area (Å²) in [7, 11) is 1.67. The molecule has 8 heteroatoms. The molecule has 1 aromatic carbocycles. The molecule has 1 N–H and O–H groups in total. The molecule has 0 aliphatic carbocycles. The molecule has 0 fully saturated rings. The van der Waals surface area contributed by atoms with Crippen molar-refractivity contribution in [3.63, 3.8) is 0 Å². The number of pyridine rings is 1. The number of benzene rings is 1. The number of anilines is 1. The molecular formula is C18H15FN4O2S. The largest absolute Gasteiger partial charge is 0.336 e. The van der Waals surface area contributed by atoms with Crippen LogP contribution in [0.1, 0.15) is 26.4 Å². The molecule has 2 amide bonds. The van der Waals surface area contributed by atoms with Gasteiger partial charge in [-0.2, -0.15) is 0 Å². The van der Waals surface area contributed by atoms with E-state index in [0.29, 0.717) is 6.54 Å². The maximum absolute atomic E-state index is 13.2. The van der Waals surface area contributed by atoms with E-state index in [4.69, 9.17) is 0 Å². The fourth-order valence-corrected chi connectivity index (χ4v) is 2.94.